The molecule has 0 aliphatic rings. The molecular formula is C28H26NO5P. The third kappa shape index (κ3) is 4.44. The van der Waals surface area contributed by atoms with E-state index in [0.717, 1.165) is 50.1 Å². The summed E-state index contributed by atoms with van der Waals surface area (Å²) in [6, 6.07) is 26.7. The van der Waals surface area contributed by atoms with Gasteiger partial charge in [0.25, 0.3) is 0 Å². The van der Waals surface area contributed by atoms with E-state index in [1.54, 1.807) is 12.1 Å². The average molecular weight is 487 g/mol. The number of rotatable bonds is 7. The molecule has 35 heavy (non-hydrogen) atoms. The molecule has 5 rings (SSSR count). The lowest BCUT2D eigenvalue weighted by Crippen LogP contribution is -2.03. The number of ether oxygens (including phenoxy) is 2. The minimum absolute atomic E-state index is 0.0108. The van der Waals surface area contributed by atoms with E-state index in [1.165, 1.54) is 6.07 Å². The first-order valence-corrected chi connectivity index (χ1v) is 13.1. The zero-order chi connectivity index (χ0) is 24.6. The van der Waals surface area contributed by atoms with Crippen molar-refractivity contribution in [1.82, 2.24) is 4.57 Å². The summed E-state index contributed by atoms with van der Waals surface area (Å²) in [6.45, 7) is 5.13. The summed E-state index contributed by atoms with van der Waals surface area (Å²) in [5.74, 6) is 1.64. The summed E-state index contributed by atoms with van der Waals surface area (Å²) in [5, 5.41) is 2.16. The van der Waals surface area contributed by atoms with Crippen LogP contribution < -0.4 is 14.8 Å². The maximum Gasteiger partial charge on any atom is 0.356 e. The van der Waals surface area contributed by atoms with Crippen LogP contribution in [-0.4, -0.2) is 27.6 Å². The average Bonchev–Trinajstić information content (AvgIpc) is 3.17. The van der Waals surface area contributed by atoms with Crippen LogP contribution in [0.3, 0.4) is 0 Å². The molecule has 1 aromatic heterocycles. The Kier molecular flexibility index (Phi) is 6.12. The summed E-state index contributed by atoms with van der Waals surface area (Å²) in [5.41, 5.74) is 4.71. The highest BCUT2D eigenvalue weighted by molar-refractivity contribution is 7.60. The van der Waals surface area contributed by atoms with Gasteiger partial charge in [-0.25, -0.2) is 0 Å². The van der Waals surface area contributed by atoms with E-state index in [2.05, 4.69) is 28.8 Å². The van der Waals surface area contributed by atoms with Crippen molar-refractivity contribution in [3.8, 4) is 28.3 Å². The van der Waals surface area contributed by atoms with Gasteiger partial charge >= 0.3 is 7.60 Å². The fourth-order valence-electron chi connectivity index (χ4n) is 4.44. The van der Waals surface area contributed by atoms with Gasteiger partial charge in [0, 0.05) is 16.5 Å². The molecule has 6 nitrogen and oxygen atoms in total. The van der Waals surface area contributed by atoms with Crippen LogP contribution in [-0.2, 0) is 4.57 Å². The van der Waals surface area contributed by atoms with Crippen LogP contribution in [0.1, 0.15) is 13.8 Å². The van der Waals surface area contributed by atoms with Crippen LogP contribution in [0.25, 0.3) is 38.6 Å². The number of fused-ring (bicyclic) bond motifs is 3. The molecule has 5 aromatic rings. The largest absolute Gasteiger partial charge is 0.494 e. The molecule has 0 saturated carbocycles. The molecule has 0 saturated heterocycles. The Balaban J connectivity index is 1.64. The molecular weight excluding hydrogens is 461 g/mol. The summed E-state index contributed by atoms with van der Waals surface area (Å²) in [4.78, 5) is 19.1. The number of nitrogens with zero attached hydrogens (tertiary/aromatic N) is 1. The molecule has 178 valence electrons. The zero-order valence-corrected chi connectivity index (χ0v) is 20.4. The molecule has 0 fully saturated rings. The first-order valence-electron chi connectivity index (χ1n) is 11.5. The Morgan fingerprint density at radius 1 is 0.714 bits per heavy atom. The van der Waals surface area contributed by atoms with Crippen LogP contribution in [0.5, 0.6) is 11.5 Å². The van der Waals surface area contributed by atoms with Gasteiger partial charge < -0.3 is 23.8 Å². The Hall–Kier alpha value is -3.57. The fraction of sp³-hybridized carbons (Fsp3) is 0.143. The van der Waals surface area contributed by atoms with E-state index in [4.69, 9.17) is 9.47 Å². The van der Waals surface area contributed by atoms with Crippen molar-refractivity contribution in [2.75, 3.05) is 13.2 Å². The smallest absolute Gasteiger partial charge is 0.356 e. The second kappa shape index (κ2) is 9.23. The molecule has 4 aromatic carbocycles. The normalized spacial score (nSPS) is 11.8. The zero-order valence-electron chi connectivity index (χ0n) is 19.5. The van der Waals surface area contributed by atoms with Crippen molar-refractivity contribution in [2.45, 2.75) is 13.8 Å². The minimum Gasteiger partial charge on any atom is -0.494 e. The summed E-state index contributed by atoms with van der Waals surface area (Å²) < 4.78 is 25.4. The van der Waals surface area contributed by atoms with E-state index in [1.807, 2.05) is 56.3 Å². The van der Waals surface area contributed by atoms with Crippen LogP contribution in [0, 0.1) is 0 Å². The van der Waals surface area contributed by atoms with Gasteiger partial charge in [-0.2, -0.15) is 0 Å². The third-order valence-electron chi connectivity index (χ3n) is 5.97. The molecule has 0 radical (unpaired) electrons. The van der Waals surface area contributed by atoms with Crippen molar-refractivity contribution >= 4 is 34.7 Å². The van der Waals surface area contributed by atoms with E-state index in [-0.39, 0.29) is 5.30 Å². The van der Waals surface area contributed by atoms with Gasteiger partial charge in [0.2, 0.25) is 0 Å². The highest BCUT2D eigenvalue weighted by Crippen LogP contribution is 2.37. The van der Waals surface area contributed by atoms with Crippen molar-refractivity contribution in [1.29, 1.82) is 0 Å². The summed E-state index contributed by atoms with van der Waals surface area (Å²) in [6.07, 6.45) is 0. The molecule has 0 aliphatic carbocycles. The van der Waals surface area contributed by atoms with Gasteiger partial charge in [-0.1, -0.05) is 24.3 Å². The van der Waals surface area contributed by atoms with Gasteiger partial charge in [0.05, 0.1) is 29.6 Å². The van der Waals surface area contributed by atoms with Crippen molar-refractivity contribution < 1.29 is 23.8 Å². The maximum atomic E-state index is 11.7. The molecule has 0 spiro atoms. The Morgan fingerprint density at radius 3 is 1.80 bits per heavy atom. The minimum atomic E-state index is -4.31. The van der Waals surface area contributed by atoms with E-state index in [0.29, 0.717) is 13.2 Å². The number of hydrogen-bond donors (Lipinski definition) is 2. The third-order valence-corrected chi connectivity index (χ3v) is 6.92. The Morgan fingerprint density at radius 2 is 1.29 bits per heavy atom. The predicted molar refractivity (Wildman–Crippen MR) is 140 cm³/mol. The SMILES string of the molecule is CCOc1ccc2c(c1)c1cc(OCC)ccc1n2-c1ccc(-c2cccc(P(=O)(O)O)c2)cc1. The lowest BCUT2D eigenvalue weighted by atomic mass is 10.1. The number of hydrogen-bond acceptors (Lipinski definition) is 3. The molecule has 2 N–H and O–H groups in total. The van der Waals surface area contributed by atoms with Gasteiger partial charge in [0.1, 0.15) is 11.5 Å². The second-order valence-electron chi connectivity index (χ2n) is 8.20. The van der Waals surface area contributed by atoms with Crippen LogP contribution in [0.15, 0.2) is 84.9 Å². The van der Waals surface area contributed by atoms with E-state index >= 15 is 0 Å². The molecule has 0 amide bonds. The van der Waals surface area contributed by atoms with E-state index < -0.39 is 7.60 Å². The monoisotopic (exact) mass is 487 g/mol. The van der Waals surface area contributed by atoms with Gasteiger partial charge in [-0.3, -0.25) is 4.57 Å². The van der Waals surface area contributed by atoms with Crippen molar-refractivity contribution in [2.24, 2.45) is 0 Å². The lowest BCUT2D eigenvalue weighted by Gasteiger charge is -2.11. The highest BCUT2D eigenvalue weighted by atomic mass is 31.2. The van der Waals surface area contributed by atoms with Crippen LogP contribution in [0.4, 0.5) is 0 Å². The number of benzene rings is 4. The standard InChI is InChI=1S/C28H26NO5P/c1-3-33-22-12-14-27-25(17-22)26-18-23(34-4-2)13-15-28(26)29(27)21-10-8-19(9-11-21)20-6-5-7-24(16-20)35(30,31)32/h5-18H,3-4H2,1-2H3,(H2,30,31,32). The molecule has 1 heterocycles. The molecule has 0 aliphatic heterocycles. The first-order chi connectivity index (χ1) is 16.9. The Bertz CT molecular complexity index is 1500. The topological polar surface area (TPSA) is 80.9 Å². The van der Waals surface area contributed by atoms with Gasteiger partial charge in [-0.05, 0) is 85.6 Å². The predicted octanol–water partition coefficient (Wildman–Crippen LogP) is 6.05. The molecule has 0 bridgehead atoms. The van der Waals surface area contributed by atoms with Gasteiger partial charge in [-0.15, -0.1) is 0 Å². The summed E-state index contributed by atoms with van der Waals surface area (Å²) >= 11 is 0. The van der Waals surface area contributed by atoms with E-state index in [9.17, 15) is 14.4 Å². The lowest BCUT2D eigenvalue weighted by molar-refractivity contribution is 0.340. The van der Waals surface area contributed by atoms with Crippen molar-refractivity contribution in [3.05, 3.63) is 84.9 Å². The second-order valence-corrected chi connectivity index (χ2v) is 9.81. The maximum absolute atomic E-state index is 11.7. The molecule has 0 atom stereocenters. The van der Waals surface area contributed by atoms with Crippen molar-refractivity contribution in [3.63, 3.8) is 0 Å². The van der Waals surface area contributed by atoms with Crippen LogP contribution >= 0.6 is 7.60 Å². The Labute approximate surface area is 203 Å². The van der Waals surface area contributed by atoms with Gasteiger partial charge in [0.15, 0.2) is 0 Å². The first kappa shape index (κ1) is 23.2. The fourth-order valence-corrected chi connectivity index (χ4v) is 5.03. The molecule has 0 unspecified atom stereocenters. The molecule has 7 heteroatoms. The quantitative estimate of drug-likeness (QED) is 0.273. The highest BCUT2D eigenvalue weighted by Gasteiger charge is 2.18. The van der Waals surface area contributed by atoms with Crippen LogP contribution in [0.2, 0.25) is 0 Å². The number of aromatic nitrogens is 1. The summed E-state index contributed by atoms with van der Waals surface area (Å²) in [7, 11) is -4.31.